The van der Waals surface area contributed by atoms with Crippen LogP contribution in [0.2, 0.25) is 5.02 Å². The van der Waals surface area contributed by atoms with Crippen LogP contribution >= 0.6 is 11.6 Å². The maximum absolute atomic E-state index is 13.3. The van der Waals surface area contributed by atoms with E-state index in [0.717, 1.165) is 5.56 Å². The van der Waals surface area contributed by atoms with Crippen molar-refractivity contribution in [1.29, 1.82) is 0 Å². The van der Waals surface area contributed by atoms with Crippen molar-refractivity contribution in [1.82, 2.24) is 30.4 Å². The summed E-state index contributed by atoms with van der Waals surface area (Å²) in [5.41, 5.74) is 1.03. The number of carbonyl (C=O) groups excluding carboxylic acids is 2. The summed E-state index contributed by atoms with van der Waals surface area (Å²) >= 11 is 6.16. The number of halogens is 1. The Hall–Kier alpha value is -3.30. The van der Waals surface area contributed by atoms with E-state index in [-0.39, 0.29) is 18.4 Å². The number of hydrogen-bond acceptors (Lipinski definition) is 6. The predicted octanol–water partition coefficient (Wildman–Crippen LogP) is 1.66. The molecule has 9 nitrogen and oxygen atoms in total. The molecule has 164 valence electrons. The quantitative estimate of drug-likeness (QED) is 0.588. The predicted molar refractivity (Wildman–Crippen MR) is 115 cm³/mol. The third-order valence-corrected chi connectivity index (χ3v) is 6.56. The Morgan fingerprint density at radius 3 is 2.72 bits per heavy atom. The van der Waals surface area contributed by atoms with Crippen LogP contribution in [0.5, 0.6) is 0 Å². The topological polar surface area (TPSA) is 113 Å². The van der Waals surface area contributed by atoms with E-state index in [4.69, 9.17) is 11.6 Å². The summed E-state index contributed by atoms with van der Waals surface area (Å²) < 4.78 is 1.50. The van der Waals surface area contributed by atoms with Crippen molar-refractivity contribution in [3.63, 3.8) is 0 Å². The molecule has 6 rings (SSSR count). The molecule has 2 aliphatic heterocycles. The van der Waals surface area contributed by atoms with E-state index in [0.29, 0.717) is 35.7 Å². The fourth-order valence-electron chi connectivity index (χ4n) is 4.74. The minimum absolute atomic E-state index is 0.199. The van der Waals surface area contributed by atoms with Gasteiger partial charge in [0.15, 0.2) is 6.10 Å². The lowest BCUT2D eigenvalue weighted by Gasteiger charge is -2.41. The normalized spacial score (nSPS) is 22.3. The van der Waals surface area contributed by atoms with Gasteiger partial charge in [0, 0.05) is 18.1 Å². The van der Waals surface area contributed by atoms with Gasteiger partial charge >= 0.3 is 0 Å². The molecule has 0 spiro atoms. The Morgan fingerprint density at radius 1 is 1.22 bits per heavy atom. The minimum Gasteiger partial charge on any atom is -0.378 e. The van der Waals surface area contributed by atoms with Gasteiger partial charge in [0.1, 0.15) is 11.9 Å². The third-order valence-electron chi connectivity index (χ3n) is 6.32. The molecule has 32 heavy (non-hydrogen) atoms. The molecule has 1 aromatic heterocycles. The molecule has 2 saturated heterocycles. The van der Waals surface area contributed by atoms with Crippen LogP contribution < -0.4 is 5.32 Å². The van der Waals surface area contributed by atoms with Crippen LogP contribution in [0.1, 0.15) is 30.1 Å². The van der Waals surface area contributed by atoms with E-state index >= 15 is 0 Å². The molecule has 3 heterocycles. The summed E-state index contributed by atoms with van der Waals surface area (Å²) in [6, 6.07) is 14.0. The van der Waals surface area contributed by atoms with Crippen molar-refractivity contribution < 1.29 is 14.7 Å². The summed E-state index contributed by atoms with van der Waals surface area (Å²) in [7, 11) is 0. The van der Waals surface area contributed by atoms with Crippen LogP contribution in [0, 0.1) is 5.92 Å². The molecule has 1 atom stereocenters. The Bertz CT molecular complexity index is 1150. The van der Waals surface area contributed by atoms with Crippen molar-refractivity contribution in [2.24, 2.45) is 5.92 Å². The number of fused-ring (bicyclic) bond motifs is 1. The number of aliphatic hydroxyl groups excluding tert-OH is 1. The molecule has 1 aliphatic carbocycles. The van der Waals surface area contributed by atoms with Crippen LogP contribution in [0.3, 0.4) is 0 Å². The van der Waals surface area contributed by atoms with Gasteiger partial charge in [0.05, 0.1) is 5.69 Å². The number of aromatic nitrogens is 4. The molecule has 10 heteroatoms. The fraction of sp³-hybridized carbons (Fsp3) is 0.318. The Labute approximate surface area is 189 Å². The summed E-state index contributed by atoms with van der Waals surface area (Å²) in [6.07, 6.45) is 1.37. The molecular weight excluding hydrogens is 432 g/mol. The monoisotopic (exact) mass is 452 g/mol. The maximum Gasteiger partial charge on any atom is 0.256 e. The average molecular weight is 453 g/mol. The van der Waals surface area contributed by atoms with Gasteiger partial charge in [-0.25, -0.2) is 4.68 Å². The SMILES string of the molecule is O=C([C@H](O)c1ccccc1)N1CC2CC1(C(=O)NCc1cc(Cl)ccc1-n1cnnn1)C2. The first-order valence-electron chi connectivity index (χ1n) is 10.3. The highest BCUT2D eigenvalue weighted by Crippen LogP contribution is 2.51. The van der Waals surface area contributed by atoms with Crippen LogP contribution in [0.4, 0.5) is 0 Å². The highest BCUT2D eigenvalue weighted by molar-refractivity contribution is 6.30. The average Bonchev–Trinajstić information content (AvgIpc) is 3.52. The van der Waals surface area contributed by atoms with E-state index in [2.05, 4.69) is 20.8 Å². The zero-order valence-electron chi connectivity index (χ0n) is 17.1. The van der Waals surface area contributed by atoms with Gasteiger partial charge in [0.2, 0.25) is 5.91 Å². The van der Waals surface area contributed by atoms with Gasteiger partial charge in [-0.15, -0.1) is 5.10 Å². The number of nitrogens with zero attached hydrogens (tertiary/aromatic N) is 5. The highest BCUT2D eigenvalue weighted by atomic mass is 35.5. The molecule has 2 bridgehead atoms. The third kappa shape index (κ3) is 3.43. The number of amides is 2. The number of benzene rings is 2. The molecule has 3 aliphatic rings. The van der Waals surface area contributed by atoms with E-state index in [1.54, 1.807) is 47.4 Å². The van der Waals surface area contributed by atoms with Crippen LogP contribution in [0.25, 0.3) is 5.69 Å². The first-order valence-corrected chi connectivity index (χ1v) is 10.7. The Balaban J connectivity index is 1.33. The summed E-state index contributed by atoms with van der Waals surface area (Å²) in [5, 5.41) is 25.3. The van der Waals surface area contributed by atoms with Crippen LogP contribution in [-0.2, 0) is 16.1 Å². The van der Waals surface area contributed by atoms with Crippen molar-refractivity contribution in [3.05, 3.63) is 71.0 Å². The second-order valence-corrected chi connectivity index (χ2v) is 8.71. The minimum atomic E-state index is -1.29. The zero-order chi connectivity index (χ0) is 22.3. The van der Waals surface area contributed by atoms with Gasteiger partial charge in [-0.05, 0) is 58.5 Å². The van der Waals surface area contributed by atoms with E-state index in [1.165, 1.54) is 11.0 Å². The first-order chi connectivity index (χ1) is 15.5. The van der Waals surface area contributed by atoms with E-state index < -0.39 is 17.6 Å². The van der Waals surface area contributed by atoms with Crippen LogP contribution in [0.15, 0.2) is 54.9 Å². The molecular formula is C22H21ClN6O3. The van der Waals surface area contributed by atoms with Crippen molar-refractivity contribution in [2.45, 2.75) is 31.0 Å². The molecule has 0 radical (unpaired) electrons. The van der Waals surface area contributed by atoms with Crippen molar-refractivity contribution in [2.75, 3.05) is 6.54 Å². The number of hydrogen-bond donors (Lipinski definition) is 2. The molecule has 2 N–H and O–H groups in total. The van der Waals surface area contributed by atoms with Crippen LogP contribution in [-0.4, -0.2) is 54.1 Å². The first kappa shape index (κ1) is 20.6. The molecule has 1 saturated carbocycles. The standard InChI is InChI=1S/C22H21ClN6O3/c23-17-6-7-18(29-13-25-26-27-29)16(8-17)11-24-21(32)22-9-14(10-22)12-28(22)20(31)19(30)15-4-2-1-3-5-15/h1-8,13-14,19,30H,9-12H2,(H,24,32)/t14?,19-,22?/m1/s1. The molecule has 3 aromatic rings. The van der Waals surface area contributed by atoms with E-state index in [9.17, 15) is 14.7 Å². The lowest BCUT2D eigenvalue weighted by atomic mass is 9.72. The number of aliphatic hydroxyl groups is 1. The van der Waals surface area contributed by atoms with Crippen molar-refractivity contribution >= 4 is 23.4 Å². The molecule has 0 unspecified atom stereocenters. The number of nitrogens with one attached hydrogen (secondary N) is 1. The lowest BCUT2D eigenvalue weighted by Crippen LogP contribution is -2.59. The Morgan fingerprint density at radius 2 is 2.00 bits per heavy atom. The molecule has 2 aromatic carbocycles. The summed E-state index contributed by atoms with van der Waals surface area (Å²) in [4.78, 5) is 27.9. The summed E-state index contributed by atoms with van der Waals surface area (Å²) in [5.74, 6) is -0.401. The summed E-state index contributed by atoms with van der Waals surface area (Å²) in [6.45, 7) is 0.674. The largest absolute Gasteiger partial charge is 0.378 e. The van der Waals surface area contributed by atoms with Gasteiger partial charge in [-0.2, -0.15) is 0 Å². The van der Waals surface area contributed by atoms with Gasteiger partial charge in [-0.1, -0.05) is 41.9 Å². The highest BCUT2D eigenvalue weighted by Gasteiger charge is 2.62. The van der Waals surface area contributed by atoms with Gasteiger partial charge < -0.3 is 15.3 Å². The zero-order valence-corrected chi connectivity index (χ0v) is 17.8. The number of rotatable bonds is 6. The lowest BCUT2D eigenvalue weighted by molar-refractivity contribution is -0.152. The van der Waals surface area contributed by atoms with Gasteiger partial charge in [0.25, 0.3) is 5.91 Å². The number of tetrazole rings is 1. The maximum atomic E-state index is 13.3. The molecule has 3 fully saturated rings. The number of carbonyl (C=O) groups is 2. The second kappa shape index (κ2) is 7.99. The van der Waals surface area contributed by atoms with E-state index in [1.807, 2.05) is 6.07 Å². The smallest absolute Gasteiger partial charge is 0.256 e. The molecule has 2 amide bonds. The van der Waals surface area contributed by atoms with Crippen molar-refractivity contribution in [3.8, 4) is 5.69 Å². The fourth-order valence-corrected chi connectivity index (χ4v) is 4.94. The second-order valence-electron chi connectivity index (χ2n) is 8.28. The Kier molecular flexibility index (Phi) is 5.15. The van der Waals surface area contributed by atoms with Gasteiger partial charge in [-0.3, -0.25) is 9.59 Å².